The van der Waals surface area contributed by atoms with E-state index in [1.807, 2.05) is 0 Å². The lowest BCUT2D eigenvalue weighted by Crippen LogP contribution is -2.23. The number of aliphatic hydroxyl groups is 1. The maximum atomic E-state index is 12.1. The molecule has 1 saturated carbocycles. The van der Waals surface area contributed by atoms with Gasteiger partial charge in [-0.15, -0.1) is 0 Å². The van der Waals surface area contributed by atoms with E-state index >= 15 is 0 Å². The summed E-state index contributed by atoms with van der Waals surface area (Å²) in [6.45, 7) is 9.35. The molecule has 1 aromatic carbocycles. The molecule has 1 aromatic rings. The fourth-order valence-electron chi connectivity index (χ4n) is 5.12. The number of unbranched alkanes of at least 4 members (excludes halogenated alkanes) is 2. The number of methoxy groups -OCH3 is 1. The van der Waals surface area contributed by atoms with Gasteiger partial charge < -0.3 is 19.3 Å². The summed E-state index contributed by atoms with van der Waals surface area (Å²) >= 11 is 0. The van der Waals surface area contributed by atoms with E-state index in [1.165, 1.54) is 69.6 Å². The highest BCUT2D eigenvalue weighted by atomic mass is 16.5. The summed E-state index contributed by atoms with van der Waals surface area (Å²) in [6, 6.07) is 9.31. The van der Waals surface area contributed by atoms with Gasteiger partial charge in [0.1, 0.15) is 0 Å². The number of aryl methyl sites for hydroxylation is 1. The number of carbonyl (C=O) groups excluding carboxylic acids is 2. The first-order chi connectivity index (χ1) is 18.4. The zero-order valence-electron chi connectivity index (χ0n) is 23.6. The van der Waals surface area contributed by atoms with E-state index in [2.05, 4.69) is 44.3 Å². The minimum atomic E-state index is -0.625. The average Bonchev–Trinajstić information content (AvgIpc) is 2.94. The van der Waals surface area contributed by atoms with Gasteiger partial charge in [0.15, 0.2) is 0 Å². The summed E-state index contributed by atoms with van der Waals surface area (Å²) < 4.78 is 15.6. The molecule has 0 amide bonds. The molecule has 6 nitrogen and oxygen atoms in total. The molecule has 0 spiro atoms. The Hall–Kier alpha value is -2.44. The van der Waals surface area contributed by atoms with Gasteiger partial charge in [0, 0.05) is 13.0 Å². The highest BCUT2D eigenvalue weighted by Crippen LogP contribution is 2.38. The van der Waals surface area contributed by atoms with Crippen molar-refractivity contribution in [2.75, 3.05) is 33.5 Å². The Balaban J connectivity index is 1.77. The molecule has 1 atom stereocenters. The molecule has 2 rings (SSSR count). The highest BCUT2D eigenvalue weighted by Gasteiger charge is 2.23. The zero-order chi connectivity index (χ0) is 27.8. The molecular formula is C32H48O6. The predicted octanol–water partition coefficient (Wildman–Crippen LogP) is 6.32. The van der Waals surface area contributed by atoms with Crippen molar-refractivity contribution in [1.29, 1.82) is 0 Å². The van der Waals surface area contributed by atoms with Crippen LogP contribution in [0.4, 0.5) is 0 Å². The van der Waals surface area contributed by atoms with Crippen molar-refractivity contribution < 1.29 is 28.9 Å². The summed E-state index contributed by atoms with van der Waals surface area (Å²) in [5.74, 6) is 0.0930. The smallest absolute Gasteiger partial charge is 0.335 e. The Labute approximate surface area is 229 Å². The van der Waals surface area contributed by atoms with Crippen molar-refractivity contribution >= 4 is 11.9 Å². The van der Waals surface area contributed by atoms with Crippen LogP contribution in [0.25, 0.3) is 0 Å². The third-order valence-electron chi connectivity index (χ3n) is 7.58. The Morgan fingerprint density at radius 1 is 0.947 bits per heavy atom. The van der Waals surface area contributed by atoms with Crippen molar-refractivity contribution in [3.63, 3.8) is 0 Å². The summed E-state index contributed by atoms with van der Waals surface area (Å²) in [6.07, 6.45) is 12.8. The normalized spacial score (nSPS) is 18.0. The molecule has 0 bridgehead atoms. The largest absolute Gasteiger partial charge is 0.462 e. The number of hydrogen-bond acceptors (Lipinski definition) is 6. The third kappa shape index (κ3) is 11.5. The van der Waals surface area contributed by atoms with Crippen LogP contribution in [0, 0.1) is 11.8 Å². The first kappa shape index (κ1) is 31.8. The molecule has 0 radical (unpaired) electrons. The molecule has 1 aliphatic rings. The Bertz CT molecular complexity index is 866. The van der Waals surface area contributed by atoms with Gasteiger partial charge in [0.25, 0.3) is 0 Å². The maximum Gasteiger partial charge on any atom is 0.335 e. The van der Waals surface area contributed by atoms with Crippen LogP contribution in [0.1, 0.15) is 88.2 Å². The number of carbonyl (C=O) groups is 2. The number of benzene rings is 1. The van der Waals surface area contributed by atoms with Gasteiger partial charge >= 0.3 is 11.9 Å². The predicted molar refractivity (Wildman–Crippen MR) is 151 cm³/mol. The molecule has 212 valence electrons. The van der Waals surface area contributed by atoms with E-state index in [1.54, 1.807) is 0 Å². The first-order valence-corrected chi connectivity index (χ1v) is 14.3. The van der Waals surface area contributed by atoms with Gasteiger partial charge in [-0.2, -0.15) is 0 Å². The molecule has 0 heterocycles. The minimum absolute atomic E-state index is 0.0112. The molecule has 0 aromatic heterocycles. The second kappa shape index (κ2) is 18.0. The Morgan fingerprint density at radius 3 is 2.16 bits per heavy atom. The molecule has 0 aliphatic heterocycles. The fraction of sp³-hybridized carbons (Fsp3) is 0.625. The van der Waals surface area contributed by atoms with Crippen molar-refractivity contribution in [3.8, 4) is 0 Å². The van der Waals surface area contributed by atoms with Crippen LogP contribution in [0.2, 0.25) is 0 Å². The van der Waals surface area contributed by atoms with Gasteiger partial charge in [-0.25, -0.2) is 9.59 Å². The summed E-state index contributed by atoms with van der Waals surface area (Å²) in [4.78, 5) is 24.1. The van der Waals surface area contributed by atoms with Gasteiger partial charge in [-0.05, 0) is 67.9 Å². The lowest BCUT2D eigenvalue weighted by atomic mass is 9.76. The highest BCUT2D eigenvalue weighted by molar-refractivity contribution is 5.88. The van der Waals surface area contributed by atoms with E-state index in [4.69, 9.17) is 19.3 Å². The first-order valence-electron chi connectivity index (χ1n) is 14.3. The number of aliphatic hydroxyl groups excluding tert-OH is 1. The Morgan fingerprint density at radius 2 is 1.58 bits per heavy atom. The van der Waals surface area contributed by atoms with Gasteiger partial charge in [-0.3, -0.25) is 0 Å². The molecule has 1 N–H and O–H groups in total. The number of hydrogen-bond donors (Lipinski definition) is 1. The number of ether oxygens (including phenoxy) is 3. The van der Waals surface area contributed by atoms with Crippen LogP contribution >= 0.6 is 0 Å². The molecule has 6 heteroatoms. The molecule has 1 unspecified atom stereocenters. The lowest BCUT2D eigenvalue weighted by Gasteiger charge is -2.29. The summed E-state index contributed by atoms with van der Waals surface area (Å²) in [5.41, 5.74) is 3.19. The Kier molecular flexibility index (Phi) is 15.0. The van der Waals surface area contributed by atoms with Crippen LogP contribution in [0.15, 0.2) is 48.6 Å². The number of esters is 2. The molecule has 38 heavy (non-hydrogen) atoms. The fourth-order valence-corrected chi connectivity index (χ4v) is 5.12. The van der Waals surface area contributed by atoms with Crippen LogP contribution in [-0.2, 0) is 30.2 Å². The van der Waals surface area contributed by atoms with E-state index in [0.29, 0.717) is 11.8 Å². The van der Waals surface area contributed by atoms with Crippen LogP contribution in [0.3, 0.4) is 0 Å². The van der Waals surface area contributed by atoms with E-state index < -0.39 is 18.5 Å². The summed E-state index contributed by atoms with van der Waals surface area (Å²) in [7, 11) is 1.49. The van der Waals surface area contributed by atoms with E-state index in [9.17, 15) is 9.59 Å². The van der Waals surface area contributed by atoms with Crippen molar-refractivity contribution in [3.05, 3.63) is 59.7 Å². The number of rotatable bonds is 18. The van der Waals surface area contributed by atoms with E-state index in [-0.39, 0.29) is 36.9 Å². The summed E-state index contributed by atoms with van der Waals surface area (Å²) in [5, 5.41) is 9.10. The maximum absolute atomic E-state index is 12.1. The van der Waals surface area contributed by atoms with Gasteiger partial charge in [-0.1, -0.05) is 70.0 Å². The second-order valence-electron chi connectivity index (χ2n) is 10.7. The van der Waals surface area contributed by atoms with E-state index in [0.717, 1.165) is 19.3 Å². The quantitative estimate of drug-likeness (QED) is 0.136. The van der Waals surface area contributed by atoms with Crippen molar-refractivity contribution in [1.82, 2.24) is 0 Å². The molecule has 1 fully saturated rings. The molecule has 1 aliphatic carbocycles. The van der Waals surface area contributed by atoms with Gasteiger partial charge in [0.05, 0.1) is 37.6 Å². The van der Waals surface area contributed by atoms with Crippen molar-refractivity contribution in [2.24, 2.45) is 11.8 Å². The standard InChI is InChI=1S/C32H48O6/c1-5-6-7-9-26-12-16-29(17-13-26)30-18-14-27(15-19-30)10-8-11-28(22-37-31(34)24(2)20-33)23-38-32(35)25(3)21-36-4/h12-13,16-17,27-28,30,33H,2-3,5-11,14-15,18-23H2,1,4H3. The molecule has 0 saturated heterocycles. The van der Waals surface area contributed by atoms with Crippen molar-refractivity contribution in [2.45, 2.75) is 83.5 Å². The third-order valence-corrected chi connectivity index (χ3v) is 7.58. The second-order valence-corrected chi connectivity index (χ2v) is 10.7. The SMILES string of the molecule is C=C(CO)C(=O)OCC(CCCC1CCC(c2ccc(CCCCC)cc2)CC1)COC(=O)C(=C)COC. The minimum Gasteiger partial charge on any atom is -0.462 e. The van der Waals surface area contributed by atoms with Crippen LogP contribution in [0.5, 0.6) is 0 Å². The average molecular weight is 529 g/mol. The van der Waals surface area contributed by atoms with Crippen LogP contribution < -0.4 is 0 Å². The monoisotopic (exact) mass is 528 g/mol. The van der Waals surface area contributed by atoms with Crippen LogP contribution in [-0.4, -0.2) is 50.6 Å². The van der Waals surface area contributed by atoms with Gasteiger partial charge in [0.2, 0.25) is 0 Å². The zero-order valence-corrected chi connectivity index (χ0v) is 23.6. The lowest BCUT2D eigenvalue weighted by molar-refractivity contribution is -0.144. The topological polar surface area (TPSA) is 82.1 Å². The molecular weight excluding hydrogens is 480 g/mol.